The van der Waals surface area contributed by atoms with Crippen LogP contribution in [0.3, 0.4) is 0 Å². The van der Waals surface area contributed by atoms with Crippen molar-refractivity contribution < 1.29 is 0 Å². The predicted octanol–water partition coefficient (Wildman–Crippen LogP) is 4.90. The summed E-state index contributed by atoms with van der Waals surface area (Å²) in [4.78, 5) is 0. The van der Waals surface area contributed by atoms with Crippen molar-refractivity contribution in [2.75, 3.05) is 0 Å². The number of thioether (sulfide) groups is 1. The van der Waals surface area contributed by atoms with Crippen LogP contribution in [-0.2, 0) is 5.75 Å². The highest BCUT2D eigenvalue weighted by molar-refractivity contribution is 7.99. The number of benzene rings is 1. The van der Waals surface area contributed by atoms with Crippen LogP contribution in [0.4, 0.5) is 0 Å². The molecule has 0 saturated heterocycles. The van der Waals surface area contributed by atoms with Crippen molar-refractivity contribution in [1.29, 1.82) is 5.26 Å². The van der Waals surface area contributed by atoms with Crippen molar-refractivity contribution >= 4 is 23.4 Å². The largest absolute Gasteiger partial charge is 0.198 e. The first-order valence-electron chi connectivity index (χ1n) is 6.44. The summed E-state index contributed by atoms with van der Waals surface area (Å²) < 4.78 is 0. The van der Waals surface area contributed by atoms with Crippen LogP contribution in [0.2, 0.25) is 5.02 Å². The van der Waals surface area contributed by atoms with Crippen molar-refractivity contribution in [1.82, 2.24) is 0 Å². The number of rotatable bonds is 3. The highest BCUT2D eigenvalue weighted by Crippen LogP contribution is 2.37. The monoisotopic (exact) mass is 279 g/mol. The Morgan fingerprint density at radius 1 is 1.33 bits per heavy atom. The van der Waals surface area contributed by atoms with E-state index >= 15 is 0 Å². The van der Waals surface area contributed by atoms with Crippen molar-refractivity contribution in [3.63, 3.8) is 0 Å². The lowest BCUT2D eigenvalue weighted by molar-refractivity contribution is 0.345. The van der Waals surface area contributed by atoms with Gasteiger partial charge in [-0.1, -0.05) is 30.7 Å². The highest BCUT2D eigenvalue weighted by atomic mass is 35.5. The third-order valence-corrected chi connectivity index (χ3v) is 5.30. The maximum Gasteiger partial charge on any atom is 0.0667 e. The molecule has 0 spiro atoms. The number of hydrogen-bond acceptors (Lipinski definition) is 2. The van der Waals surface area contributed by atoms with Crippen LogP contribution in [0.25, 0.3) is 0 Å². The van der Waals surface area contributed by atoms with Gasteiger partial charge in [-0.2, -0.15) is 17.0 Å². The van der Waals surface area contributed by atoms with E-state index < -0.39 is 0 Å². The van der Waals surface area contributed by atoms with Gasteiger partial charge in [-0.15, -0.1) is 0 Å². The van der Waals surface area contributed by atoms with E-state index in [4.69, 9.17) is 11.6 Å². The topological polar surface area (TPSA) is 23.8 Å². The van der Waals surface area contributed by atoms with E-state index in [2.05, 4.69) is 25.1 Å². The molecule has 3 heteroatoms. The van der Waals surface area contributed by atoms with Gasteiger partial charge in [0.25, 0.3) is 0 Å². The van der Waals surface area contributed by atoms with Crippen LogP contribution >= 0.6 is 23.4 Å². The lowest BCUT2D eigenvalue weighted by atomic mass is 9.83. The summed E-state index contributed by atoms with van der Waals surface area (Å²) in [6.45, 7) is 2.30. The number of nitriles is 1. The fourth-order valence-corrected chi connectivity index (χ4v) is 4.06. The molecule has 1 saturated carbocycles. The summed E-state index contributed by atoms with van der Waals surface area (Å²) in [5.74, 6) is 1.98. The predicted molar refractivity (Wildman–Crippen MR) is 78.7 cm³/mol. The number of halogens is 1. The Labute approximate surface area is 119 Å². The third-order valence-electron chi connectivity index (χ3n) is 3.60. The van der Waals surface area contributed by atoms with E-state index in [9.17, 15) is 5.26 Å². The zero-order valence-corrected chi connectivity index (χ0v) is 12.2. The second kappa shape index (κ2) is 6.50. The van der Waals surface area contributed by atoms with Crippen molar-refractivity contribution in [2.24, 2.45) is 11.8 Å². The Hall–Kier alpha value is -0.650. The minimum absolute atomic E-state index is 0.235. The maximum absolute atomic E-state index is 9.20. The van der Waals surface area contributed by atoms with Crippen LogP contribution in [-0.4, -0.2) is 5.25 Å². The van der Waals surface area contributed by atoms with Gasteiger partial charge in [0, 0.05) is 16.0 Å². The molecule has 0 aliphatic heterocycles. The molecule has 18 heavy (non-hydrogen) atoms. The standard InChI is InChI=1S/C15H18ClNS/c1-11-2-5-13(9-17)15(8-11)18-10-12-3-6-14(16)7-4-12/h3-4,6-7,11,13,15H,2,5,8,10H2,1H3. The molecule has 3 unspecified atom stereocenters. The maximum atomic E-state index is 9.20. The third kappa shape index (κ3) is 3.67. The Bertz CT molecular complexity index is 423. The van der Waals surface area contributed by atoms with Gasteiger partial charge >= 0.3 is 0 Å². The highest BCUT2D eigenvalue weighted by Gasteiger charge is 2.28. The summed E-state index contributed by atoms with van der Waals surface area (Å²) in [6, 6.07) is 10.5. The summed E-state index contributed by atoms with van der Waals surface area (Å²) in [5.41, 5.74) is 1.29. The minimum atomic E-state index is 0.235. The molecule has 0 bridgehead atoms. The lowest BCUT2D eigenvalue weighted by Crippen LogP contribution is -2.25. The molecule has 1 aromatic carbocycles. The lowest BCUT2D eigenvalue weighted by Gasteiger charge is -2.30. The van der Waals surface area contributed by atoms with Gasteiger partial charge in [0.15, 0.2) is 0 Å². The zero-order valence-electron chi connectivity index (χ0n) is 10.6. The van der Waals surface area contributed by atoms with Gasteiger partial charge in [0.2, 0.25) is 0 Å². The van der Waals surface area contributed by atoms with E-state index in [1.165, 1.54) is 18.4 Å². The summed E-state index contributed by atoms with van der Waals surface area (Å²) in [7, 11) is 0. The molecular formula is C15H18ClNS. The molecule has 96 valence electrons. The average Bonchev–Trinajstić information content (AvgIpc) is 2.38. The Morgan fingerprint density at radius 2 is 2.06 bits per heavy atom. The van der Waals surface area contributed by atoms with Crippen LogP contribution in [0.1, 0.15) is 31.7 Å². The quantitative estimate of drug-likeness (QED) is 0.786. The van der Waals surface area contributed by atoms with Crippen molar-refractivity contribution in [3.05, 3.63) is 34.9 Å². The molecule has 2 rings (SSSR count). The molecule has 1 aliphatic carbocycles. The molecule has 0 aromatic heterocycles. The zero-order chi connectivity index (χ0) is 13.0. The van der Waals surface area contributed by atoms with Gasteiger partial charge in [-0.25, -0.2) is 0 Å². The van der Waals surface area contributed by atoms with Crippen molar-refractivity contribution in [2.45, 2.75) is 37.2 Å². The van der Waals surface area contributed by atoms with Gasteiger partial charge in [0.05, 0.1) is 12.0 Å². The summed E-state index contributed by atoms with van der Waals surface area (Å²) in [5, 5.41) is 10.5. The van der Waals surface area contributed by atoms with Gasteiger partial charge in [-0.3, -0.25) is 0 Å². The molecule has 0 N–H and O–H groups in total. The Balaban J connectivity index is 1.91. The number of nitrogens with zero attached hydrogens (tertiary/aromatic N) is 1. The second-order valence-corrected chi connectivity index (χ2v) is 6.79. The van der Waals surface area contributed by atoms with E-state index in [0.717, 1.165) is 23.1 Å². The molecule has 0 radical (unpaired) electrons. The van der Waals surface area contributed by atoms with Gasteiger partial charge < -0.3 is 0 Å². The Kier molecular flexibility index (Phi) is 4.97. The first-order valence-corrected chi connectivity index (χ1v) is 7.87. The van der Waals surface area contributed by atoms with Gasteiger partial charge in [0.1, 0.15) is 0 Å². The van der Waals surface area contributed by atoms with E-state index in [-0.39, 0.29) is 5.92 Å². The first-order chi connectivity index (χ1) is 8.69. The van der Waals surface area contributed by atoms with Crippen LogP contribution in [0.5, 0.6) is 0 Å². The van der Waals surface area contributed by atoms with Crippen LogP contribution < -0.4 is 0 Å². The smallest absolute Gasteiger partial charge is 0.0667 e. The number of hydrogen-bond donors (Lipinski definition) is 0. The summed E-state index contributed by atoms with van der Waals surface area (Å²) >= 11 is 7.80. The first kappa shape index (κ1) is 13.8. The molecule has 1 aliphatic rings. The normalized spacial score (nSPS) is 27.7. The second-order valence-electron chi connectivity index (χ2n) is 5.13. The van der Waals surface area contributed by atoms with E-state index in [1.54, 1.807) is 0 Å². The summed E-state index contributed by atoms with van der Waals surface area (Å²) in [6.07, 6.45) is 3.45. The molecule has 0 heterocycles. The molecule has 0 amide bonds. The van der Waals surface area contributed by atoms with Gasteiger partial charge in [-0.05, 0) is 42.9 Å². The Morgan fingerprint density at radius 3 is 2.72 bits per heavy atom. The van der Waals surface area contributed by atoms with Crippen molar-refractivity contribution in [3.8, 4) is 6.07 Å². The minimum Gasteiger partial charge on any atom is -0.198 e. The van der Waals surface area contributed by atoms with E-state index in [1.807, 2.05) is 23.9 Å². The molecule has 1 aromatic rings. The fraction of sp³-hybridized carbons (Fsp3) is 0.533. The molecule has 1 nitrogen and oxygen atoms in total. The fourth-order valence-electron chi connectivity index (χ4n) is 2.44. The van der Waals surface area contributed by atoms with Crippen LogP contribution in [0.15, 0.2) is 24.3 Å². The molecular weight excluding hydrogens is 262 g/mol. The molecule has 3 atom stereocenters. The van der Waals surface area contributed by atoms with E-state index in [0.29, 0.717) is 5.25 Å². The SMILES string of the molecule is CC1CCC(C#N)C(SCc2ccc(Cl)cc2)C1. The van der Waals surface area contributed by atoms with Crippen LogP contribution in [0, 0.1) is 23.2 Å². The average molecular weight is 280 g/mol. The molecule has 1 fully saturated rings.